The van der Waals surface area contributed by atoms with Gasteiger partial charge < -0.3 is 4.74 Å². The highest BCUT2D eigenvalue weighted by Crippen LogP contribution is 2.26. The van der Waals surface area contributed by atoms with E-state index in [4.69, 9.17) is 4.74 Å². The molecule has 0 aromatic heterocycles. The molecule has 7 heteroatoms. The van der Waals surface area contributed by atoms with Crippen LogP contribution in [0, 0.1) is 30.8 Å². The molecule has 0 fully saturated rings. The van der Waals surface area contributed by atoms with Crippen molar-refractivity contribution in [3.05, 3.63) is 103 Å². The number of hydrogen-bond donors (Lipinski definition) is 0. The third-order valence-electron chi connectivity index (χ3n) is 4.12. The molecule has 0 amide bonds. The van der Waals surface area contributed by atoms with Crippen LogP contribution in [0.15, 0.2) is 66.7 Å². The molecule has 3 aromatic carbocycles. The predicted octanol–water partition coefficient (Wildman–Crippen LogP) is 5.98. The Labute approximate surface area is 180 Å². The molecule has 0 saturated carbocycles. The van der Waals surface area contributed by atoms with Gasteiger partial charge in [0, 0.05) is 17.7 Å². The lowest BCUT2D eigenvalue weighted by molar-refractivity contribution is -0.384. The van der Waals surface area contributed by atoms with Gasteiger partial charge in [-0.05, 0) is 70.1 Å². The smallest absolute Gasteiger partial charge is 0.269 e. The topological polar surface area (TPSA) is 76.2 Å². The molecule has 0 aliphatic heterocycles. The largest absolute Gasteiger partial charge is 0.488 e. The summed E-state index contributed by atoms with van der Waals surface area (Å²) >= 11 is 2.12. The molecule has 0 spiro atoms. The molecule has 0 bridgehead atoms. The third-order valence-corrected chi connectivity index (χ3v) is 4.96. The lowest BCUT2D eigenvalue weighted by Crippen LogP contribution is -1.99. The zero-order valence-electron chi connectivity index (χ0n) is 15.0. The van der Waals surface area contributed by atoms with Crippen molar-refractivity contribution in [2.75, 3.05) is 0 Å². The number of hydrogen-bond acceptors (Lipinski definition) is 4. The summed E-state index contributed by atoms with van der Waals surface area (Å²) in [7, 11) is 0. The van der Waals surface area contributed by atoms with Crippen LogP contribution in [-0.2, 0) is 6.61 Å². The molecule has 3 aromatic rings. The van der Waals surface area contributed by atoms with Gasteiger partial charge in [-0.1, -0.05) is 24.3 Å². The third kappa shape index (κ3) is 5.18. The van der Waals surface area contributed by atoms with Crippen LogP contribution in [0.25, 0.3) is 11.6 Å². The summed E-state index contributed by atoms with van der Waals surface area (Å²) in [4.78, 5) is 10.3. The number of halogens is 2. The molecule has 3 rings (SSSR count). The molecule has 0 heterocycles. The Morgan fingerprint density at radius 1 is 1.17 bits per heavy atom. The van der Waals surface area contributed by atoms with E-state index >= 15 is 0 Å². The zero-order chi connectivity index (χ0) is 20.8. The number of non-ortho nitro benzene ring substituents is 1. The summed E-state index contributed by atoms with van der Waals surface area (Å²) in [5, 5.41) is 20.2. The summed E-state index contributed by atoms with van der Waals surface area (Å²) in [6.07, 6.45) is 1.70. The molecule has 0 atom stereocenters. The van der Waals surface area contributed by atoms with Crippen LogP contribution in [0.4, 0.5) is 10.1 Å². The minimum Gasteiger partial charge on any atom is -0.488 e. The number of nitrogens with zero attached hydrogens (tertiary/aromatic N) is 2. The summed E-state index contributed by atoms with van der Waals surface area (Å²) in [5.41, 5.74) is 2.19. The minimum atomic E-state index is -0.484. The second-order valence-corrected chi connectivity index (χ2v) is 7.21. The molecule has 0 aliphatic carbocycles. The summed E-state index contributed by atoms with van der Waals surface area (Å²) in [6.45, 7) is 0.115. The van der Waals surface area contributed by atoms with Crippen molar-refractivity contribution < 1.29 is 14.1 Å². The highest BCUT2D eigenvalue weighted by Gasteiger charge is 2.09. The van der Waals surface area contributed by atoms with E-state index in [1.807, 2.05) is 6.07 Å². The predicted molar refractivity (Wildman–Crippen MR) is 116 cm³/mol. The maximum absolute atomic E-state index is 13.7. The average Bonchev–Trinajstić information content (AvgIpc) is 2.72. The fourth-order valence-corrected chi connectivity index (χ4v) is 3.30. The fraction of sp³-hybridized carbons (Fsp3) is 0.0455. The molecule has 0 N–H and O–H groups in total. The molecule has 0 saturated heterocycles. The SMILES string of the molecule is N#C/C(=C/c1ccc(OCc2ccccc2F)c(I)c1)c1ccc([N+](=O)[O-])cc1. The first kappa shape index (κ1) is 20.5. The Morgan fingerprint density at radius 2 is 1.90 bits per heavy atom. The second kappa shape index (κ2) is 9.30. The van der Waals surface area contributed by atoms with E-state index in [0.717, 1.165) is 9.13 Å². The Kier molecular flexibility index (Phi) is 6.57. The van der Waals surface area contributed by atoms with Crippen LogP contribution >= 0.6 is 22.6 Å². The molecular formula is C22H14FIN2O3. The van der Waals surface area contributed by atoms with E-state index in [2.05, 4.69) is 28.7 Å². The van der Waals surface area contributed by atoms with Crippen LogP contribution in [0.5, 0.6) is 5.75 Å². The second-order valence-electron chi connectivity index (χ2n) is 6.04. The maximum Gasteiger partial charge on any atom is 0.269 e. The maximum atomic E-state index is 13.7. The molecular weight excluding hydrogens is 486 g/mol. The van der Waals surface area contributed by atoms with Crippen molar-refractivity contribution in [3.8, 4) is 11.8 Å². The number of nitro groups is 1. The average molecular weight is 500 g/mol. The Bertz CT molecular complexity index is 1120. The highest BCUT2D eigenvalue weighted by molar-refractivity contribution is 14.1. The Hall–Kier alpha value is -3.25. The number of nitro benzene ring substituents is 1. The van der Waals surface area contributed by atoms with Gasteiger partial charge in [0.2, 0.25) is 0 Å². The van der Waals surface area contributed by atoms with Crippen LogP contribution < -0.4 is 4.74 Å². The Morgan fingerprint density at radius 3 is 2.52 bits per heavy atom. The van der Waals surface area contributed by atoms with Gasteiger partial charge in [-0.2, -0.15) is 5.26 Å². The lowest BCUT2D eigenvalue weighted by Gasteiger charge is -2.10. The number of ether oxygens (including phenoxy) is 1. The molecule has 0 unspecified atom stereocenters. The quantitative estimate of drug-likeness (QED) is 0.137. The Balaban J connectivity index is 1.78. The standard InChI is InChI=1S/C22H14FIN2O3/c23-20-4-2-1-3-17(20)14-29-22-10-5-15(12-21(22)24)11-18(13-25)16-6-8-19(9-7-16)26(27)28/h1-12H,14H2/b18-11-. The van der Waals surface area contributed by atoms with Crippen LogP contribution in [0.1, 0.15) is 16.7 Å². The monoisotopic (exact) mass is 500 g/mol. The first-order chi connectivity index (χ1) is 14.0. The van der Waals surface area contributed by atoms with Gasteiger partial charge in [-0.25, -0.2) is 4.39 Å². The fourth-order valence-electron chi connectivity index (χ4n) is 2.60. The summed E-state index contributed by atoms with van der Waals surface area (Å²) in [5.74, 6) is 0.295. The van der Waals surface area contributed by atoms with Crippen molar-refractivity contribution in [3.63, 3.8) is 0 Å². The summed E-state index contributed by atoms with van der Waals surface area (Å²) < 4.78 is 20.2. The van der Waals surface area contributed by atoms with Gasteiger partial charge in [0.15, 0.2) is 0 Å². The first-order valence-electron chi connectivity index (χ1n) is 8.50. The van der Waals surface area contributed by atoms with Crippen LogP contribution in [0.3, 0.4) is 0 Å². The highest BCUT2D eigenvalue weighted by atomic mass is 127. The molecule has 0 radical (unpaired) electrons. The van der Waals surface area contributed by atoms with E-state index in [-0.39, 0.29) is 18.1 Å². The van der Waals surface area contributed by atoms with Gasteiger partial charge in [0.25, 0.3) is 5.69 Å². The van der Waals surface area contributed by atoms with Crippen molar-refractivity contribution >= 4 is 39.9 Å². The molecule has 5 nitrogen and oxygen atoms in total. The van der Waals surface area contributed by atoms with E-state index in [1.165, 1.54) is 18.2 Å². The van der Waals surface area contributed by atoms with Gasteiger partial charge in [0.1, 0.15) is 18.2 Å². The van der Waals surface area contributed by atoms with E-state index in [1.54, 1.807) is 48.5 Å². The van der Waals surface area contributed by atoms with E-state index in [9.17, 15) is 19.8 Å². The molecule has 0 aliphatic rings. The normalized spacial score (nSPS) is 11.0. The zero-order valence-corrected chi connectivity index (χ0v) is 17.2. The van der Waals surface area contributed by atoms with Gasteiger partial charge >= 0.3 is 0 Å². The lowest BCUT2D eigenvalue weighted by atomic mass is 10.0. The summed E-state index contributed by atoms with van der Waals surface area (Å²) in [6, 6.07) is 19.8. The number of allylic oxidation sites excluding steroid dienone is 1. The van der Waals surface area contributed by atoms with Crippen LogP contribution in [-0.4, -0.2) is 4.92 Å². The number of rotatable bonds is 6. The van der Waals surface area contributed by atoms with Gasteiger partial charge in [-0.3, -0.25) is 10.1 Å². The molecule has 29 heavy (non-hydrogen) atoms. The van der Waals surface area contributed by atoms with Crippen molar-refractivity contribution in [2.45, 2.75) is 6.61 Å². The number of benzene rings is 3. The minimum absolute atomic E-state index is 0.0306. The van der Waals surface area contributed by atoms with Gasteiger partial charge in [0.05, 0.1) is 20.1 Å². The van der Waals surface area contributed by atoms with Crippen molar-refractivity contribution in [1.29, 1.82) is 5.26 Å². The number of nitriles is 1. The van der Waals surface area contributed by atoms with Crippen molar-refractivity contribution in [2.24, 2.45) is 0 Å². The van der Waals surface area contributed by atoms with Gasteiger partial charge in [-0.15, -0.1) is 0 Å². The van der Waals surface area contributed by atoms with Crippen LogP contribution in [0.2, 0.25) is 0 Å². The first-order valence-corrected chi connectivity index (χ1v) is 9.58. The van der Waals surface area contributed by atoms with Crippen molar-refractivity contribution in [1.82, 2.24) is 0 Å². The molecule has 144 valence electrons. The van der Waals surface area contributed by atoms with E-state index < -0.39 is 4.92 Å². The van der Waals surface area contributed by atoms with E-state index in [0.29, 0.717) is 22.4 Å².